The number of hydrogen-bond donors (Lipinski definition) is 2. The standard InChI is InChI=1S/C24H23N5O3/c1-15-3-6-17(11-18(15)12-25)23(31)29-10-9-20-21(14-29)27-24(28-22(20)30)26-13-16-4-7-19(32-2)8-5-16/h3-8,11H,9-10,13-14H2,1-2H3,(H2,26,27,28,30). The van der Waals surface area contributed by atoms with Gasteiger partial charge in [0.05, 0.1) is 31.0 Å². The molecule has 0 saturated heterocycles. The summed E-state index contributed by atoms with van der Waals surface area (Å²) in [6.45, 7) is 2.98. The molecule has 4 rings (SSSR count). The van der Waals surface area contributed by atoms with Gasteiger partial charge >= 0.3 is 0 Å². The maximum absolute atomic E-state index is 13.0. The van der Waals surface area contributed by atoms with E-state index in [1.165, 1.54) is 0 Å². The molecule has 8 nitrogen and oxygen atoms in total. The van der Waals surface area contributed by atoms with Gasteiger partial charge in [-0.15, -0.1) is 0 Å². The highest BCUT2D eigenvalue weighted by Gasteiger charge is 2.25. The molecule has 2 aromatic carbocycles. The fraction of sp³-hybridized carbons (Fsp3) is 0.250. The van der Waals surface area contributed by atoms with Crippen molar-refractivity contribution in [3.63, 3.8) is 0 Å². The van der Waals surface area contributed by atoms with E-state index in [9.17, 15) is 14.9 Å². The number of nitrogens with one attached hydrogen (secondary N) is 2. The summed E-state index contributed by atoms with van der Waals surface area (Å²) in [5.74, 6) is 0.956. The maximum atomic E-state index is 13.0. The van der Waals surface area contributed by atoms with E-state index in [4.69, 9.17) is 4.74 Å². The zero-order valence-electron chi connectivity index (χ0n) is 17.9. The van der Waals surface area contributed by atoms with Gasteiger partial charge in [0.2, 0.25) is 5.95 Å². The third kappa shape index (κ3) is 4.32. The lowest BCUT2D eigenvalue weighted by Gasteiger charge is -2.28. The number of anilines is 1. The van der Waals surface area contributed by atoms with E-state index in [-0.39, 0.29) is 18.0 Å². The third-order valence-electron chi connectivity index (χ3n) is 5.58. The van der Waals surface area contributed by atoms with Gasteiger partial charge in [-0.1, -0.05) is 18.2 Å². The molecule has 1 aliphatic heterocycles. The number of aryl methyl sites for hydroxylation is 1. The minimum Gasteiger partial charge on any atom is -0.497 e. The van der Waals surface area contributed by atoms with Gasteiger partial charge in [-0.3, -0.25) is 14.6 Å². The number of aromatic nitrogens is 2. The van der Waals surface area contributed by atoms with Gasteiger partial charge < -0.3 is 15.0 Å². The number of methoxy groups -OCH3 is 1. The average Bonchev–Trinajstić information content (AvgIpc) is 2.82. The van der Waals surface area contributed by atoms with Crippen molar-refractivity contribution < 1.29 is 9.53 Å². The van der Waals surface area contributed by atoms with Crippen molar-refractivity contribution in [3.8, 4) is 11.8 Å². The Balaban J connectivity index is 1.50. The van der Waals surface area contributed by atoms with Crippen molar-refractivity contribution in [2.45, 2.75) is 26.4 Å². The molecule has 1 aromatic heterocycles. The van der Waals surface area contributed by atoms with Gasteiger partial charge in [0, 0.05) is 24.2 Å². The number of aromatic amines is 1. The molecule has 0 atom stereocenters. The minimum atomic E-state index is -0.193. The highest BCUT2D eigenvalue weighted by atomic mass is 16.5. The Morgan fingerprint density at radius 3 is 2.78 bits per heavy atom. The molecule has 0 fully saturated rings. The molecule has 0 unspecified atom stereocenters. The summed E-state index contributed by atoms with van der Waals surface area (Å²) >= 11 is 0. The quantitative estimate of drug-likeness (QED) is 0.645. The van der Waals surface area contributed by atoms with Gasteiger partial charge in [0.25, 0.3) is 11.5 Å². The van der Waals surface area contributed by atoms with E-state index < -0.39 is 0 Å². The van der Waals surface area contributed by atoms with Crippen molar-refractivity contribution in [1.82, 2.24) is 14.9 Å². The van der Waals surface area contributed by atoms with Crippen molar-refractivity contribution in [3.05, 3.63) is 86.3 Å². The summed E-state index contributed by atoms with van der Waals surface area (Å²) in [6.07, 6.45) is 0.430. The monoisotopic (exact) mass is 429 g/mol. The van der Waals surface area contributed by atoms with Crippen molar-refractivity contribution in [2.75, 3.05) is 19.0 Å². The van der Waals surface area contributed by atoms with Gasteiger partial charge in [-0.25, -0.2) is 4.98 Å². The van der Waals surface area contributed by atoms with Crippen molar-refractivity contribution >= 4 is 11.9 Å². The Morgan fingerprint density at radius 1 is 1.28 bits per heavy atom. The number of carbonyl (C=O) groups excluding carboxylic acids is 1. The summed E-state index contributed by atoms with van der Waals surface area (Å²) in [7, 11) is 1.62. The number of nitriles is 1. The van der Waals surface area contributed by atoms with Crippen LogP contribution in [-0.4, -0.2) is 34.4 Å². The smallest absolute Gasteiger partial charge is 0.255 e. The first-order chi connectivity index (χ1) is 15.5. The van der Waals surface area contributed by atoms with E-state index >= 15 is 0 Å². The molecule has 3 aromatic rings. The number of hydrogen-bond acceptors (Lipinski definition) is 6. The highest BCUT2D eigenvalue weighted by Crippen LogP contribution is 2.19. The molecule has 2 heterocycles. The largest absolute Gasteiger partial charge is 0.497 e. The van der Waals surface area contributed by atoms with Crippen LogP contribution >= 0.6 is 0 Å². The van der Waals surface area contributed by atoms with Crippen LogP contribution in [0.5, 0.6) is 5.75 Å². The van der Waals surface area contributed by atoms with Crippen LogP contribution in [0.4, 0.5) is 5.95 Å². The lowest BCUT2D eigenvalue weighted by molar-refractivity contribution is 0.0731. The second-order valence-corrected chi connectivity index (χ2v) is 7.66. The van der Waals surface area contributed by atoms with Crippen LogP contribution in [0.3, 0.4) is 0 Å². The van der Waals surface area contributed by atoms with E-state index in [0.717, 1.165) is 16.9 Å². The average molecular weight is 429 g/mol. The Hall–Kier alpha value is -4.12. The summed E-state index contributed by atoms with van der Waals surface area (Å²) in [5.41, 5.74) is 3.76. The second-order valence-electron chi connectivity index (χ2n) is 7.66. The fourth-order valence-corrected chi connectivity index (χ4v) is 3.68. The van der Waals surface area contributed by atoms with Gasteiger partial charge in [0.15, 0.2) is 0 Å². The number of fused-ring (bicyclic) bond motifs is 1. The Bertz CT molecular complexity index is 1260. The number of ether oxygens (including phenoxy) is 1. The number of amides is 1. The van der Waals surface area contributed by atoms with Crippen molar-refractivity contribution in [2.24, 2.45) is 0 Å². The van der Waals surface area contributed by atoms with E-state index in [1.807, 2.05) is 31.2 Å². The first-order valence-corrected chi connectivity index (χ1v) is 10.3. The number of nitrogens with zero attached hydrogens (tertiary/aromatic N) is 3. The van der Waals surface area contributed by atoms with Crippen LogP contribution in [0.2, 0.25) is 0 Å². The van der Waals surface area contributed by atoms with Crippen LogP contribution in [-0.2, 0) is 19.5 Å². The molecule has 0 aliphatic carbocycles. The molecule has 32 heavy (non-hydrogen) atoms. The predicted octanol–water partition coefficient (Wildman–Crippen LogP) is 2.77. The van der Waals surface area contributed by atoms with Crippen LogP contribution in [0.1, 0.15) is 38.3 Å². The van der Waals surface area contributed by atoms with Gasteiger partial charge in [-0.05, 0) is 48.7 Å². The lowest BCUT2D eigenvalue weighted by Crippen LogP contribution is -2.39. The molecule has 1 amide bonds. The lowest BCUT2D eigenvalue weighted by atomic mass is 10.0. The second kappa shape index (κ2) is 8.94. The van der Waals surface area contributed by atoms with Crippen LogP contribution in [0.15, 0.2) is 47.3 Å². The zero-order valence-corrected chi connectivity index (χ0v) is 17.9. The third-order valence-corrected chi connectivity index (χ3v) is 5.58. The van der Waals surface area contributed by atoms with E-state index in [2.05, 4.69) is 21.4 Å². The molecular weight excluding hydrogens is 406 g/mol. The summed E-state index contributed by atoms with van der Waals surface area (Å²) in [5, 5.41) is 12.4. The molecule has 0 saturated carbocycles. The zero-order chi connectivity index (χ0) is 22.7. The Labute approximate surface area is 185 Å². The molecule has 162 valence electrons. The molecule has 0 spiro atoms. The van der Waals surface area contributed by atoms with Crippen LogP contribution in [0.25, 0.3) is 0 Å². The summed E-state index contributed by atoms with van der Waals surface area (Å²) < 4.78 is 5.16. The maximum Gasteiger partial charge on any atom is 0.255 e. The normalized spacial score (nSPS) is 12.6. The number of rotatable bonds is 5. The number of H-pyrrole nitrogens is 1. The molecular formula is C24H23N5O3. The number of carbonyl (C=O) groups is 1. The molecule has 0 radical (unpaired) electrons. The molecule has 2 N–H and O–H groups in total. The van der Waals surface area contributed by atoms with Crippen LogP contribution < -0.4 is 15.6 Å². The Kier molecular flexibility index (Phi) is 5.90. The van der Waals surface area contributed by atoms with Gasteiger partial charge in [-0.2, -0.15) is 5.26 Å². The van der Waals surface area contributed by atoms with Crippen LogP contribution in [0, 0.1) is 18.3 Å². The molecule has 0 bridgehead atoms. The first-order valence-electron chi connectivity index (χ1n) is 10.3. The minimum absolute atomic E-state index is 0.179. The van der Waals surface area contributed by atoms with Crippen molar-refractivity contribution in [1.29, 1.82) is 5.26 Å². The summed E-state index contributed by atoms with van der Waals surface area (Å²) in [4.78, 5) is 34.6. The predicted molar refractivity (Wildman–Crippen MR) is 120 cm³/mol. The number of benzene rings is 2. The summed E-state index contributed by atoms with van der Waals surface area (Å²) in [6, 6.07) is 14.8. The van der Waals surface area contributed by atoms with E-state index in [0.29, 0.717) is 47.8 Å². The molecule has 1 aliphatic rings. The van der Waals surface area contributed by atoms with Gasteiger partial charge in [0.1, 0.15) is 5.75 Å². The molecule has 8 heteroatoms. The Morgan fingerprint density at radius 2 is 2.06 bits per heavy atom. The van der Waals surface area contributed by atoms with E-state index in [1.54, 1.807) is 30.2 Å². The first kappa shape index (κ1) is 21.1. The fourth-order valence-electron chi connectivity index (χ4n) is 3.68. The highest BCUT2D eigenvalue weighted by molar-refractivity contribution is 5.94. The SMILES string of the molecule is COc1ccc(CNc2nc3c(c(=O)[nH]2)CCN(C(=O)c2ccc(C)c(C#N)c2)C3)cc1. The topological polar surface area (TPSA) is 111 Å².